The topological polar surface area (TPSA) is 29.1 Å². The molecule has 1 aromatic heterocycles. The molecule has 19 heavy (non-hydrogen) atoms. The van der Waals surface area contributed by atoms with E-state index in [1.165, 1.54) is 11.3 Å². The molecule has 1 amide bonds. The molecule has 0 bridgehead atoms. The van der Waals surface area contributed by atoms with Crippen LogP contribution in [0.2, 0.25) is 5.02 Å². The number of halogens is 1. The molecule has 0 fully saturated rings. The van der Waals surface area contributed by atoms with Crippen molar-refractivity contribution < 1.29 is 4.79 Å². The zero-order valence-corrected chi connectivity index (χ0v) is 12.1. The Kier molecular flexibility index (Phi) is 4.40. The lowest BCUT2D eigenvalue weighted by Gasteiger charge is -2.02. The maximum absolute atomic E-state index is 11.9. The van der Waals surface area contributed by atoms with Gasteiger partial charge in [0.2, 0.25) is 0 Å². The third-order valence-electron chi connectivity index (χ3n) is 2.49. The number of hydrogen-bond acceptors (Lipinski definition) is 2. The van der Waals surface area contributed by atoms with E-state index in [2.05, 4.69) is 11.9 Å². The first-order valence-electron chi connectivity index (χ1n) is 5.84. The van der Waals surface area contributed by atoms with E-state index in [-0.39, 0.29) is 5.91 Å². The normalized spacial score (nSPS) is 10.2. The number of hydrogen-bond donors (Lipinski definition) is 1. The highest BCUT2D eigenvalue weighted by molar-refractivity contribution is 7.17. The van der Waals surface area contributed by atoms with Crippen molar-refractivity contribution in [2.45, 2.75) is 6.92 Å². The van der Waals surface area contributed by atoms with Crippen LogP contribution in [0, 0.1) is 0 Å². The number of benzene rings is 1. The third kappa shape index (κ3) is 3.69. The molecule has 0 unspecified atom stereocenters. The van der Waals surface area contributed by atoms with Crippen LogP contribution in [0.5, 0.6) is 0 Å². The molecular weight excluding hydrogens is 278 g/mol. The smallest absolute Gasteiger partial charge is 0.261 e. The Hall–Kier alpha value is -1.58. The molecule has 0 atom stereocenters. The van der Waals surface area contributed by atoms with E-state index in [1.807, 2.05) is 43.3 Å². The lowest BCUT2D eigenvalue weighted by Crippen LogP contribution is -2.23. The zero-order valence-electron chi connectivity index (χ0n) is 10.6. The van der Waals surface area contributed by atoms with Crippen LogP contribution in [0.4, 0.5) is 0 Å². The first kappa shape index (κ1) is 13.8. The number of thiophene rings is 1. The van der Waals surface area contributed by atoms with Gasteiger partial charge in [-0.15, -0.1) is 11.3 Å². The summed E-state index contributed by atoms with van der Waals surface area (Å²) in [6.07, 6.45) is 0. The minimum absolute atomic E-state index is 0.0683. The maximum Gasteiger partial charge on any atom is 0.261 e. The second-order valence-electron chi connectivity index (χ2n) is 4.31. The summed E-state index contributed by atoms with van der Waals surface area (Å²) in [7, 11) is 0. The van der Waals surface area contributed by atoms with E-state index in [0.717, 1.165) is 16.0 Å². The molecule has 2 aromatic rings. The van der Waals surface area contributed by atoms with Gasteiger partial charge >= 0.3 is 0 Å². The molecule has 98 valence electrons. The maximum atomic E-state index is 11.9. The van der Waals surface area contributed by atoms with Gasteiger partial charge in [-0.25, -0.2) is 0 Å². The van der Waals surface area contributed by atoms with E-state index in [4.69, 9.17) is 11.6 Å². The first-order valence-corrected chi connectivity index (χ1v) is 7.04. The highest BCUT2D eigenvalue weighted by Crippen LogP contribution is 2.29. The standard InChI is InChI=1S/C15H14ClNOS/c1-10(2)9-17-15(18)14-7-6-13(19-14)11-4-3-5-12(16)8-11/h3-8H,1,9H2,2H3,(H,17,18). The fraction of sp³-hybridized carbons (Fsp3) is 0.133. The van der Waals surface area contributed by atoms with Crippen LogP contribution in [0.3, 0.4) is 0 Å². The van der Waals surface area contributed by atoms with Crippen LogP contribution < -0.4 is 5.32 Å². The summed E-state index contributed by atoms with van der Waals surface area (Å²) in [5.74, 6) is -0.0683. The minimum atomic E-state index is -0.0683. The predicted molar refractivity (Wildman–Crippen MR) is 81.9 cm³/mol. The van der Waals surface area contributed by atoms with Gasteiger partial charge < -0.3 is 5.32 Å². The number of nitrogens with one attached hydrogen (secondary N) is 1. The second kappa shape index (κ2) is 6.04. The van der Waals surface area contributed by atoms with Gasteiger partial charge in [-0.1, -0.05) is 35.9 Å². The molecule has 4 heteroatoms. The fourth-order valence-electron chi connectivity index (χ4n) is 1.58. The van der Waals surface area contributed by atoms with Gasteiger partial charge in [-0.2, -0.15) is 0 Å². The third-order valence-corrected chi connectivity index (χ3v) is 3.86. The van der Waals surface area contributed by atoms with Gasteiger partial charge in [-0.3, -0.25) is 4.79 Å². The Labute approximate surface area is 121 Å². The molecule has 0 aliphatic rings. The number of carbonyl (C=O) groups is 1. The second-order valence-corrected chi connectivity index (χ2v) is 5.83. The van der Waals surface area contributed by atoms with Gasteiger partial charge in [-0.05, 0) is 36.8 Å². The summed E-state index contributed by atoms with van der Waals surface area (Å²) in [5.41, 5.74) is 1.96. The highest BCUT2D eigenvalue weighted by atomic mass is 35.5. The molecule has 0 saturated heterocycles. The lowest BCUT2D eigenvalue weighted by molar-refractivity contribution is 0.0961. The average molecular weight is 292 g/mol. The van der Waals surface area contributed by atoms with Crippen molar-refractivity contribution in [2.75, 3.05) is 6.54 Å². The molecule has 0 aliphatic carbocycles. The molecule has 2 rings (SSSR count). The monoisotopic (exact) mass is 291 g/mol. The molecule has 1 aromatic carbocycles. The average Bonchev–Trinajstić information content (AvgIpc) is 2.85. The Morgan fingerprint density at radius 2 is 2.16 bits per heavy atom. The van der Waals surface area contributed by atoms with Crippen molar-refractivity contribution in [1.82, 2.24) is 5.32 Å². The Morgan fingerprint density at radius 3 is 2.84 bits per heavy atom. The molecular formula is C15H14ClNOS. The molecule has 0 saturated carbocycles. The van der Waals surface area contributed by atoms with Crippen molar-refractivity contribution in [3.8, 4) is 10.4 Å². The van der Waals surface area contributed by atoms with Crippen LogP contribution in [0.25, 0.3) is 10.4 Å². The largest absolute Gasteiger partial charge is 0.348 e. The predicted octanol–water partition coefficient (Wildman–Crippen LogP) is 4.37. The van der Waals surface area contributed by atoms with Gasteiger partial charge in [0.05, 0.1) is 4.88 Å². The summed E-state index contributed by atoms with van der Waals surface area (Å²) >= 11 is 7.42. The quantitative estimate of drug-likeness (QED) is 0.833. The number of rotatable bonds is 4. The van der Waals surface area contributed by atoms with Gasteiger partial charge in [0.15, 0.2) is 0 Å². The Morgan fingerprint density at radius 1 is 1.37 bits per heavy atom. The van der Waals surface area contributed by atoms with Gasteiger partial charge in [0.1, 0.15) is 0 Å². The van der Waals surface area contributed by atoms with Crippen LogP contribution in [-0.4, -0.2) is 12.5 Å². The van der Waals surface area contributed by atoms with E-state index in [1.54, 1.807) is 0 Å². The molecule has 0 spiro atoms. The van der Waals surface area contributed by atoms with Gasteiger partial charge in [0, 0.05) is 16.4 Å². The van der Waals surface area contributed by atoms with Crippen LogP contribution in [-0.2, 0) is 0 Å². The number of amides is 1. The molecule has 1 N–H and O–H groups in total. The summed E-state index contributed by atoms with van der Waals surface area (Å²) in [6, 6.07) is 11.4. The number of carbonyl (C=O) groups excluding carboxylic acids is 1. The van der Waals surface area contributed by atoms with Gasteiger partial charge in [0.25, 0.3) is 5.91 Å². The van der Waals surface area contributed by atoms with E-state index in [0.29, 0.717) is 16.4 Å². The van der Waals surface area contributed by atoms with Crippen molar-refractivity contribution in [2.24, 2.45) is 0 Å². The van der Waals surface area contributed by atoms with E-state index in [9.17, 15) is 4.79 Å². The summed E-state index contributed by atoms with van der Waals surface area (Å²) in [4.78, 5) is 13.6. The lowest BCUT2D eigenvalue weighted by atomic mass is 10.2. The SMILES string of the molecule is C=C(C)CNC(=O)c1ccc(-c2cccc(Cl)c2)s1. The summed E-state index contributed by atoms with van der Waals surface area (Å²) in [6.45, 7) is 6.14. The Bertz CT molecular complexity index is 618. The Balaban J connectivity index is 2.15. The van der Waals surface area contributed by atoms with Crippen molar-refractivity contribution in [3.05, 3.63) is 58.5 Å². The molecule has 0 radical (unpaired) electrons. The summed E-state index contributed by atoms with van der Waals surface area (Å²) < 4.78 is 0. The van der Waals surface area contributed by atoms with Crippen molar-refractivity contribution in [1.29, 1.82) is 0 Å². The summed E-state index contributed by atoms with van der Waals surface area (Å²) in [5, 5.41) is 3.51. The minimum Gasteiger partial charge on any atom is -0.348 e. The van der Waals surface area contributed by atoms with Crippen molar-refractivity contribution in [3.63, 3.8) is 0 Å². The zero-order chi connectivity index (χ0) is 13.8. The highest BCUT2D eigenvalue weighted by Gasteiger charge is 2.09. The molecule has 1 heterocycles. The van der Waals surface area contributed by atoms with Crippen molar-refractivity contribution >= 4 is 28.8 Å². The molecule has 0 aliphatic heterocycles. The molecule has 2 nitrogen and oxygen atoms in total. The van der Waals surface area contributed by atoms with Crippen LogP contribution in [0.1, 0.15) is 16.6 Å². The fourth-order valence-corrected chi connectivity index (χ4v) is 2.68. The van der Waals surface area contributed by atoms with E-state index < -0.39 is 0 Å². The van der Waals surface area contributed by atoms with Crippen LogP contribution >= 0.6 is 22.9 Å². The van der Waals surface area contributed by atoms with E-state index >= 15 is 0 Å². The van der Waals surface area contributed by atoms with Crippen LogP contribution in [0.15, 0.2) is 48.6 Å². The first-order chi connectivity index (χ1) is 9.06.